The van der Waals surface area contributed by atoms with Crippen molar-refractivity contribution < 1.29 is 19.5 Å². The van der Waals surface area contributed by atoms with Gasteiger partial charge < -0.3 is 20.6 Å². The number of benzene rings is 3. The van der Waals surface area contributed by atoms with Gasteiger partial charge in [0.1, 0.15) is 6.04 Å². The van der Waals surface area contributed by atoms with E-state index >= 15 is 0 Å². The van der Waals surface area contributed by atoms with E-state index in [2.05, 4.69) is 10.6 Å². The molecule has 7 heteroatoms. The number of hydrogen-bond donors (Lipinski definition) is 3. The van der Waals surface area contributed by atoms with Crippen LogP contribution in [-0.2, 0) is 4.79 Å². The number of carbonyl (C=O) groups excluding carboxylic acids is 2. The van der Waals surface area contributed by atoms with Crippen LogP contribution in [0.3, 0.4) is 0 Å². The molecule has 0 unspecified atom stereocenters. The maximum absolute atomic E-state index is 12.9. The first-order chi connectivity index (χ1) is 16.8. The fraction of sp³-hybridized carbons (Fsp3) is 0.250. The molecule has 3 N–H and O–H groups in total. The van der Waals surface area contributed by atoms with Crippen molar-refractivity contribution in [3.63, 3.8) is 0 Å². The Hall–Kier alpha value is -4.13. The van der Waals surface area contributed by atoms with E-state index in [4.69, 9.17) is 0 Å². The molecule has 1 atom stereocenters. The van der Waals surface area contributed by atoms with Crippen molar-refractivity contribution in [2.24, 2.45) is 0 Å². The molecular formula is C28H29N3O4. The molecule has 3 amide bonds. The summed E-state index contributed by atoms with van der Waals surface area (Å²) >= 11 is 0. The van der Waals surface area contributed by atoms with E-state index in [1.165, 1.54) is 4.90 Å². The van der Waals surface area contributed by atoms with Crippen LogP contribution in [0.2, 0.25) is 0 Å². The molecule has 1 fully saturated rings. The molecule has 1 aliphatic rings. The second kappa shape index (κ2) is 10.4. The zero-order valence-electron chi connectivity index (χ0n) is 19.9. The van der Waals surface area contributed by atoms with Crippen molar-refractivity contribution in [2.75, 3.05) is 17.2 Å². The van der Waals surface area contributed by atoms with Gasteiger partial charge in [0.25, 0.3) is 5.91 Å². The Morgan fingerprint density at radius 3 is 1.97 bits per heavy atom. The van der Waals surface area contributed by atoms with Crippen LogP contribution in [0.1, 0.15) is 40.7 Å². The van der Waals surface area contributed by atoms with Gasteiger partial charge in [-0.25, -0.2) is 9.59 Å². The minimum Gasteiger partial charge on any atom is -0.480 e. The van der Waals surface area contributed by atoms with Crippen LogP contribution in [0.15, 0.2) is 66.7 Å². The summed E-state index contributed by atoms with van der Waals surface area (Å²) in [6.45, 7) is 4.43. The topological polar surface area (TPSA) is 98.7 Å². The molecule has 35 heavy (non-hydrogen) atoms. The first kappa shape index (κ1) is 24.0. The normalized spacial score (nSPS) is 15.4. The fourth-order valence-electron chi connectivity index (χ4n) is 4.49. The number of carboxylic acid groups (broad SMARTS) is 1. The molecule has 1 heterocycles. The second-order valence-electron chi connectivity index (χ2n) is 8.96. The van der Waals surface area contributed by atoms with Gasteiger partial charge in [0.05, 0.1) is 0 Å². The number of aryl methyl sites for hydroxylation is 2. The van der Waals surface area contributed by atoms with Crippen LogP contribution in [0.4, 0.5) is 16.2 Å². The van der Waals surface area contributed by atoms with Crippen molar-refractivity contribution in [1.29, 1.82) is 0 Å². The highest BCUT2D eigenvalue weighted by atomic mass is 16.4. The predicted octanol–water partition coefficient (Wildman–Crippen LogP) is 5.69. The van der Waals surface area contributed by atoms with E-state index in [0.717, 1.165) is 40.8 Å². The van der Waals surface area contributed by atoms with Gasteiger partial charge in [-0.1, -0.05) is 30.3 Å². The van der Waals surface area contributed by atoms with Crippen molar-refractivity contribution in [2.45, 2.75) is 39.2 Å². The average Bonchev–Trinajstić information content (AvgIpc) is 2.83. The lowest BCUT2D eigenvalue weighted by Gasteiger charge is -2.33. The minimum atomic E-state index is -0.953. The molecule has 0 spiro atoms. The Kier molecular flexibility index (Phi) is 7.15. The first-order valence-electron chi connectivity index (χ1n) is 11.7. The number of nitrogens with zero attached hydrogens (tertiary/aromatic N) is 1. The Bertz CT molecular complexity index is 1220. The molecule has 0 saturated carbocycles. The van der Waals surface area contributed by atoms with Gasteiger partial charge in [-0.2, -0.15) is 0 Å². The lowest BCUT2D eigenvalue weighted by molar-refractivity contribution is -0.143. The summed E-state index contributed by atoms with van der Waals surface area (Å²) < 4.78 is 0. The number of carbonyl (C=O) groups is 3. The quantitative estimate of drug-likeness (QED) is 0.445. The number of piperidine rings is 1. The zero-order valence-corrected chi connectivity index (χ0v) is 19.9. The monoisotopic (exact) mass is 471 g/mol. The van der Waals surface area contributed by atoms with Crippen LogP contribution in [0.25, 0.3) is 11.1 Å². The van der Waals surface area contributed by atoms with Crippen molar-refractivity contribution >= 4 is 29.3 Å². The number of carboxylic acids is 1. The van der Waals surface area contributed by atoms with Gasteiger partial charge in [-0.05, 0) is 91.8 Å². The SMILES string of the molecule is Cc1cc(C)cc(NC(=O)Nc2ccc(-c3ccc(C(=O)N4CCCC[C@H]4C(=O)O)cc3)cc2)c1. The molecule has 0 bridgehead atoms. The van der Waals surface area contributed by atoms with Crippen LogP contribution in [0.5, 0.6) is 0 Å². The van der Waals surface area contributed by atoms with Crippen molar-refractivity contribution in [3.8, 4) is 11.1 Å². The van der Waals surface area contributed by atoms with Gasteiger partial charge in [0, 0.05) is 23.5 Å². The Balaban J connectivity index is 1.39. The number of hydrogen-bond acceptors (Lipinski definition) is 3. The van der Waals surface area contributed by atoms with Gasteiger partial charge in [0.2, 0.25) is 0 Å². The third-order valence-corrected chi connectivity index (χ3v) is 6.14. The summed E-state index contributed by atoms with van der Waals surface area (Å²) in [4.78, 5) is 38.2. The van der Waals surface area contributed by atoms with E-state index in [1.807, 2.05) is 68.4 Å². The van der Waals surface area contributed by atoms with Crippen LogP contribution >= 0.6 is 0 Å². The van der Waals surface area contributed by atoms with Crippen LogP contribution < -0.4 is 10.6 Å². The van der Waals surface area contributed by atoms with Crippen LogP contribution in [-0.4, -0.2) is 40.5 Å². The maximum Gasteiger partial charge on any atom is 0.326 e. The summed E-state index contributed by atoms with van der Waals surface area (Å²) in [6.07, 6.45) is 2.12. The summed E-state index contributed by atoms with van der Waals surface area (Å²) in [7, 11) is 0. The van der Waals surface area contributed by atoms with Gasteiger partial charge in [0.15, 0.2) is 0 Å². The molecule has 7 nitrogen and oxygen atoms in total. The van der Waals surface area contributed by atoms with E-state index in [9.17, 15) is 19.5 Å². The highest BCUT2D eigenvalue weighted by Crippen LogP contribution is 2.24. The van der Waals surface area contributed by atoms with Crippen LogP contribution in [0, 0.1) is 13.8 Å². The number of likely N-dealkylation sites (tertiary alicyclic amines) is 1. The summed E-state index contributed by atoms with van der Waals surface area (Å²) in [6, 6.07) is 19.4. The number of amides is 3. The molecule has 4 rings (SSSR count). The standard InChI is InChI=1S/C28H29N3O4/c1-18-15-19(2)17-24(16-18)30-28(35)29-23-12-10-21(11-13-23)20-6-8-22(9-7-20)26(32)31-14-4-3-5-25(31)27(33)34/h6-13,15-17,25H,3-5,14H2,1-2H3,(H,33,34)(H2,29,30,35)/t25-/m0/s1. The summed E-state index contributed by atoms with van der Waals surface area (Å²) in [5, 5.41) is 15.1. The van der Waals surface area contributed by atoms with Crippen molar-refractivity contribution in [3.05, 3.63) is 83.4 Å². The molecule has 3 aromatic rings. The number of urea groups is 1. The Labute approximate surface area is 204 Å². The average molecular weight is 472 g/mol. The van der Waals surface area contributed by atoms with E-state index in [-0.39, 0.29) is 11.9 Å². The van der Waals surface area contributed by atoms with E-state index in [0.29, 0.717) is 24.2 Å². The Morgan fingerprint density at radius 1 is 0.800 bits per heavy atom. The number of aliphatic carboxylic acids is 1. The molecule has 0 radical (unpaired) electrons. The highest BCUT2D eigenvalue weighted by Gasteiger charge is 2.32. The van der Waals surface area contributed by atoms with Gasteiger partial charge >= 0.3 is 12.0 Å². The molecule has 1 saturated heterocycles. The summed E-state index contributed by atoms with van der Waals surface area (Å²) in [5.41, 5.74) is 5.89. The van der Waals surface area contributed by atoms with E-state index < -0.39 is 12.0 Å². The molecular weight excluding hydrogens is 442 g/mol. The smallest absolute Gasteiger partial charge is 0.326 e. The van der Waals surface area contributed by atoms with E-state index in [1.54, 1.807) is 12.1 Å². The first-order valence-corrected chi connectivity index (χ1v) is 11.7. The largest absolute Gasteiger partial charge is 0.480 e. The molecule has 180 valence electrons. The molecule has 1 aliphatic heterocycles. The van der Waals surface area contributed by atoms with Crippen molar-refractivity contribution in [1.82, 2.24) is 4.90 Å². The number of nitrogens with one attached hydrogen (secondary N) is 2. The minimum absolute atomic E-state index is 0.252. The lowest BCUT2D eigenvalue weighted by Crippen LogP contribution is -2.47. The second-order valence-corrected chi connectivity index (χ2v) is 8.96. The predicted molar refractivity (Wildman–Crippen MR) is 137 cm³/mol. The summed E-state index contributed by atoms with van der Waals surface area (Å²) in [5.74, 6) is -1.20. The number of rotatable bonds is 5. The third-order valence-electron chi connectivity index (χ3n) is 6.14. The lowest BCUT2D eigenvalue weighted by atomic mass is 9.99. The van der Waals surface area contributed by atoms with Gasteiger partial charge in [-0.3, -0.25) is 4.79 Å². The maximum atomic E-state index is 12.9. The highest BCUT2D eigenvalue weighted by molar-refractivity contribution is 6.00. The third kappa shape index (κ3) is 5.87. The van der Waals surface area contributed by atoms with Gasteiger partial charge in [-0.15, -0.1) is 0 Å². The Morgan fingerprint density at radius 2 is 1.37 bits per heavy atom. The molecule has 0 aliphatic carbocycles. The zero-order chi connectivity index (χ0) is 24.9. The molecule has 3 aromatic carbocycles. The fourth-order valence-corrected chi connectivity index (χ4v) is 4.49. The number of anilines is 2. The molecule has 0 aromatic heterocycles.